The summed E-state index contributed by atoms with van der Waals surface area (Å²) >= 11 is 0. The van der Waals surface area contributed by atoms with E-state index in [0.717, 1.165) is 36.0 Å². The van der Waals surface area contributed by atoms with Gasteiger partial charge in [-0.2, -0.15) is 4.98 Å². The van der Waals surface area contributed by atoms with E-state index < -0.39 is 0 Å². The highest BCUT2D eigenvalue weighted by Gasteiger charge is 2.21. The van der Waals surface area contributed by atoms with Crippen molar-refractivity contribution in [2.24, 2.45) is 0 Å². The van der Waals surface area contributed by atoms with Gasteiger partial charge in [0.25, 0.3) is 0 Å². The summed E-state index contributed by atoms with van der Waals surface area (Å²) in [6.45, 7) is 6.50. The molecular formula is C19H26N6O. The second-order valence-electron chi connectivity index (χ2n) is 6.75. The van der Waals surface area contributed by atoms with Gasteiger partial charge in [-0.25, -0.2) is 4.98 Å². The van der Waals surface area contributed by atoms with Crippen molar-refractivity contribution in [1.29, 1.82) is 0 Å². The number of piperazine rings is 1. The van der Waals surface area contributed by atoms with Crippen LogP contribution in [0.4, 0.5) is 23.1 Å². The van der Waals surface area contributed by atoms with E-state index in [4.69, 9.17) is 0 Å². The number of anilines is 4. The molecule has 0 unspecified atom stereocenters. The second kappa shape index (κ2) is 7.59. The fourth-order valence-corrected chi connectivity index (χ4v) is 2.97. The largest absolute Gasteiger partial charge is 0.378 e. The van der Waals surface area contributed by atoms with Gasteiger partial charge in [0, 0.05) is 70.3 Å². The molecule has 1 saturated heterocycles. The van der Waals surface area contributed by atoms with Crippen LogP contribution in [-0.4, -0.2) is 61.0 Å². The molecule has 7 heteroatoms. The van der Waals surface area contributed by atoms with Crippen LogP contribution in [0.15, 0.2) is 30.3 Å². The first-order valence-electron chi connectivity index (χ1n) is 8.83. The minimum absolute atomic E-state index is 0.123. The molecule has 7 nitrogen and oxygen atoms in total. The summed E-state index contributed by atoms with van der Waals surface area (Å²) in [5.41, 5.74) is 3.05. The Kier molecular flexibility index (Phi) is 5.25. The summed E-state index contributed by atoms with van der Waals surface area (Å²) in [6, 6.07) is 10.2. The topological polar surface area (TPSA) is 64.6 Å². The van der Waals surface area contributed by atoms with Gasteiger partial charge in [-0.1, -0.05) is 0 Å². The Bertz CT molecular complexity index is 766. The number of nitrogens with one attached hydrogen (secondary N) is 1. The average molecular weight is 354 g/mol. The van der Waals surface area contributed by atoms with Gasteiger partial charge in [0.15, 0.2) is 0 Å². The van der Waals surface area contributed by atoms with E-state index in [9.17, 15) is 4.79 Å². The van der Waals surface area contributed by atoms with E-state index >= 15 is 0 Å². The number of benzene rings is 1. The Balaban J connectivity index is 1.72. The maximum atomic E-state index is 11.5. The minimum Gasteiger partial charge on any atom is -0.378 e. The van der Waals surface area contributed by atoms with Gasteiger partial charge in [-0.15, -0.1) is 0 Å². The maximum Gasteiger partial charge on any atom is 0.227 e. The van der Waals surface area contributed by atoms with Crippen LogP contribution < -0.4 is 15.1 Å². The van der Waals surface area contributed by atoms with Crippen LogP contribution in [0.3, 0.4) is 0 Å². The molecule has 1 N–H and O–H groups in total. The molecule has 1 fully saturated rings. The predicted molar refractivity (Wildman–Crippen MR) is 105 cm³/mol. The highest BCUT2D eigenvalue weighted by atomic mass is 16.2. The number of nitrogens with zero attached hydrogens (tertiary/aromatic N) is 5. The van der Waals surface area contributed by atoms with Crippen LogP contribution in [-0.2, 0) is 4.79 Å². The van der Waals surface area contributed by atoms with Crippen molar-refractivity contribution < 1.29 is 4.79 Å². The van der Waals surface area contributed by atoms with E-state index in [2.05, 4.69) is 37.2 Å². The van der Waals surface area contributed by atoms with Crippen molar-refractivity contribution in [2.75, 3.05) is 55.4 Å². The third kappa shape index (κ3) is 4.22. The van der Waals surface area contributed by atoms with Gasteiger partial charge >= 0.3 is 0 Å². The van der Waals surface area contributed by atoms with E-state index in [1.54, 1.807) is 6.92 Å². The molecule has 2 aromatic rings. The lowest BCUT2D eigenvalue weighted by atomic mass is 10.2. The van der Waals surface area contributed by atoms with Crippen LogP contribution in [0.5, 0.6) is 0 Å². The van der Waals surface area contributed by atoms with Crippen LogP contribution in [0, 0.1) is 6.92 Å². The zero-order valence-electron chi connectivity index (χ0n) is 15.9. The standard InChI is InChI=1S/C19H26N6O/c1-14-13-18(21-16-5-7-17(8-6-16)23(3)4)22-19(20-14)25-11-9-24(10-12-25)15(2)26/h5-8,13H,9-12H2,1-4H3,(H,20,21,22). The molecule has 0 spiro atoms. The average Bonchev–Trinajstić information content (AvgIpc) is 2.61. The number of hydrogen-bond donors (Lipinski definition) is 1. The van der Waals surface area contributed by atoms with E-state index in [-0.39, 0.29) is 5.91 Å². The lowest BCUT2D eigenvalue weighted by Gasteiger charge is -2.34. The van der Waals surface area contributed by atoms with Gasteiger partial charge in [0.05, 0.1) is 0 Å². The van der Waals surface area contributed by atoms with Crippen molar-refractivity contribution in [2.45, 2.75) is 13.8 Å². The molecule has 1 aromatic heterocycles. The first kappa shape index (κ1) is 18.0. The summed E-state index contributed by atoms with van der Waals surface area (Å²) in [4.78, 5) is 26.8. The molecule has 1 aromatic carbocycles. The number of rotatable bonds is 4. The molecule has 1 aliphatic rings. The van der Waals surface area contributed by atoms with Gasteiger partial charge in [-0.3, -0.25) is 4.79 Å². The number of aromatic nitrogens is 2. The lowest BCUT2D eigenvalue weighted by molar-refractivity contribution is -0.129. The Hall–Kier alpha value is -2.83. The Morgan fingerprint density at radius 3 is 2.31 bits per heavy atom. The fourth-order valence-electron chi connectivity index (χ4n) is 2.97. The van der Waals surface area contributed by atoms with Crippen molar-refractivity contribution in [3.05, 3.63) is 36.0 Å². The summed E-state index contributed by atoms with van der Waals surface area (Å²) in [5.74, 6) is 1.61. The van der Waals surface area contributed by atoms with Crippen molar-refractivity contribution >= 4 is 29.0 Å². The number of hydrogen-bond acceptors (Lipinski definition) is 6. The molecule has 0 atom stereocenters. The molecule has 1 aliphatic heterocycles. The molecular weight excluding hydrogens is 328 g/mol. The number of carbonyl (C=O) groups is 1. The van der Waals surface area contributed by atoms with E-state index in [0.29, 0.717) is 19.0 Å². The maximum absolute atomic E-state index is 11.5. The van der Waals surface area contributed by atoms with Crippen molar-refractivity contribution in [1.82, 2.24) is 14.9 Å². The molecule has 3 rings (SSSR count). The summed E-state index contributed by atoms with van der Waals surface area (Å²) in [5, 5.41) is 3.36. The minimum atomic E-state index is 0.123. The molecule has 0 bridgehead atoms. The van der Waals surface area contributed by atoms with Gasteiger partial charge in [0.1, 0.15) is 5.82 Å². The van der Waals surface area contributed by atoms with Crippen LogP contribution >= 0.6 is 0 Å². The second-order valence-corrected chi connectivity index (χ2v) is 6.75. The molecule has 26 heavy (non-hydrogen) atoms. The molecule has 0 aliphatic carbocycles. The Labute approximate surface area is 154 Å². The quantitative estimate of drug-likeness (QED) is 0.909. The first-order valence-corrected chi connectivity index (χ1v) is 8.83. The number of amides is 1. The van der Waals surface area contributed by atoms with Crippen LogP contribution in [0.1, 0.15) is 12.6 Å². The summed E-state index contributed by atoms with van der Waals surface area (Å²) < 4.78 is 0. The van der Waals surface area contributed by atoms with Crippen molar-refractivity contribution in [3.63, 3.8) is 0 Å². The molecule has 1 amide bonds. The lowest BCUT2D eigenvalue weighted by Crippen LogP contribution is -2.48. The zero-order valence-corrected chi connectivity index (χ0v) is 15.9. The van der Waals surface area contributed by atoms with E-state index in [1.165, 1.54) is 0 Å². The van der Waals surface area contributed by atoms with E-state index in [1.807, 2.05) is 44.1 Å². The third-order valence-electron chi connectivity index (χ3n) is 4.51. The monoisotopic (exact) mass is 354 g/mol. The predicted octanol–water partition coefficient (Wildman–Crippen LogP) is 2.26. The molecule has 138 valence electrons. The molecule has 0 saturated carbocycles. The highest BCUT2D eigenvalue weighted by Crippen LogP contribution is 2.21. The highest BCUT2D eigenvalue weighted by molar-refractivity contribution is 5.73. The summed E-state index contributed by atoms with van der Waals surface area (Å²) in [7, 11) is 4.04. The number of carbonyl (C=O) groups excluding carboxylic acids is 1. The zero-order chi connectivity index (χ0) is 18.7. The third-order valence-corrected chi connectivity index (χ3v) is 4.51. The SMILES string of the molecule is CC(=O)N1CCN(c2nc(C)cc(Nc3ccc(N(C)C)cc3)n2)CC1. The van der Waals surface area contributed by atoms with Crippen LogP contribution in [0.2, 0.25) is 0 Å². The molecule has 2 heterocycles. The number of aryl methyl sites for hydroxylation is 1. The smallest absolute Gasteiger partial charge is 0.227 e. The first-order chi connectivity index (χ1) is 12.4. The van der Waals surface area contributed by atoms with Crippen molar-refractivity contribution in [3.8, 4) is 0 Å². The Morgan fingerprint density at radius 2 is 1.73 bits per heavy atom. The van der Waals surface area contributed by atoms with Gasteiger partial charge in [-0.05, 0) is 31.2 Å². The van der Waals surface area contributed by atoms with Crippen LogP contribution in [0.25, 0.3) is 0 Å². The Morgan fingerprint density at radius 1 is 1.08 bits per heavy atom. The molecule has 0 radical (unpaired) electrons. The normalized spacial score (nSPS) is 14.3. The van der Waals surface area contributed by atoms with Gasteiger partial charge in [0.2, 0.25) is 11.9 Å². The van der Waals surface area contributed by atoms with Gasteiger partial charge < -0.3 is 20.0 Å². The fraction of sp³-hybridized carbons (Fsp3) is 0.421. The summed E-state index contributed by atoms with van der Waals surface area (Å²) in [6.07, 6.45) is 0.